The summed E-state index contributed by atoms with van der Waals surface area (Å²) in [6, 6.07) is 12.1. The summed E-state index contributed by atoms with van der Waals surface area (Å²) in [6.07, 6.45) is 1.01. The summed E-state index contributed by atoms with van der Waals surface area (Å²) in [5.41, 5.74) is 1.42. The van der Waals surface area contributed by atoms with E-state index in [1.165, 1.54) is 26.4 Å². The molecule has 0 aliphatic carbocycles. The van der Waals surface area contributed by atoms with Gasteiger partial charge in [-0.15, -0.1) is 0 Å². The quantitative estimate of drug-likeness (QED) is 0.747. The number of anilines is 2. The van der Waals surface area contributed by atoms with Gasteiger partial charge in [-0.2, -0.15) is 0 Å². The van der Waals surface area contributed by atoms with E-state index in [9.17, 15) is 8.42 Å². The Kier molecular flexibility index (Phi) is 6.14. The topological polar surface area (TPSA) is 76.7 Å². The van der Waals surface area contributed by atoms with Crippen LogP contribution in [0.3, 0.4) is 0 Å². The molecule has 0 aromatic heterocycles. The molecule has 0 aliphatic heterocycles. The smallest absolute Gasteiger partial charge is 0.265 e. The molecule has 0 spiro atoms. The minimum atomic E-state index is -3.77. The van der Waals surface area contributed by atoms with Gasteiger partial charge in [-0.05, 0) is 49.7 Å². The Hall–Kier alpha value is -2.41. The largest absolute Gasteiger partial charge is 0.497 e. The molecule has 25 heavy (non-hydrogen) atoms. The number of methoxy groups -OCH3 is 2. The molecule has 2 aromatic carbocycles. The Balaban J connectivity index is 2.21. The zero-order valence-electron chi connectivity index (χ0n) is 14.9. The van der Waals surface area contributed by atoms with Crippen molar-refractivity contribution in [3.8, 4) is 11.5 Å². The van der Waals surface area contributed by atoms with E-state index in [4.69, 9.17) is 9.47 Å². The van der Waals surface area contributed by atoms with Gasteiger partial charge in [-0.25, -0.2) is 8.42 Å². The molecule has 6 nitrogen and oxygen atoms in total. The monoisotopic (exact) mass is 364 g/mol. The van der Waals surface area contributed by atoms with E-state index < -0.39 is 10.0 Å². The van der Waals surface area contributed by atoms with E-state index in [2.05, 4.69) is 23.9 Å². The first-order valence-electron chi connectivity index (χ1n) is 8.01. The number of nitrogens with one attached hydrogen (secondary N) is 2. The minimum absolute atomic E-state index is 0.0533. The third-order valence-electron chi connectivity index (χ3n) is 3.82. The Bertz CT molecular complexity index is 804. The number of hydrogen-bond acceptors (Lipinski definition) is 5. The van der Waals surface area contributed by atoms with Crippen molar-refractivity contribution in [1.82, 2.24) is 0 Å². The van der Waals surface area contributed by atoms with Gasteiger partial charge < -0.3 is 14.8 Å². The molecule has 1 unspecified atom stereocenters. The summed E-state index contributed by atoms with van der Waals surface area (Å²) in [5.74, 6) is 0.748. The van der Waals surface area contributed by atoms with Crippen LogP contribution in [0.1, 0.15) is 20.3 Å². The lowest BCUT2D eigenvalue weighted by atomic mass is 10.2. The summed E-state index contributed by atoms with van der Waals surface area (Å²) < 4.78 is 38.1. The number of ether oxygens (including phenoxy) is 2. The highest BCUT2D eigenvalue weighted by Gasteiger charge is 2.20. The van der Waals surface area contributed by atoms with Crippen LogP contribution in [0.15, 0.2) is 47.4 Å². The number of hydrogen-bond donors (Lipinski definition) is 2. The SMILES string of the molecule is CCC(C)Nc1ccc(NS(=O)(=O)c2ccc(OC)cc2OC)cc1. The molecule has 2 rings (SSSR count). The predicted molar refractivity (Wildman–Crippen MR) is 100 cm³/mol. The van der Waals surface area contributed by atoms with Gasteiger partial charge in [0, 0.05) is 23.5 Å². The van der Waals surface area contributed by atoms with Crippen LogP contribution in [0.25, 0.3) is 0 Å². The molecule has 0 radical (unpaired) electrons. The highest BCUT2D eigenvalue weighted by molar-refractivity contribution is 7.92. The van der Waals surface area contributed by atoms with Crippen molar-refractivity contribution >= 4 is 21.4 Å². The lowest BCUT2D eigenvalue weighted by Crippen LogP contribution is -2.15. The van der Waals surface area contributed by atoms with Crippen molar-refractivity contribution in [2.45, 2.75) is 31.2 Å². The predicted octanol–water partition coefficient (Wildman–Crippen LogP) is 3.72. The molecule has 2 aromatic rings. The van der Waals surface area contributed by atoms with Crippen molar-refractivity contribution in [3.05, 3.63) is 42.5 Å². The van der Waals surface area contributed by atoms with Crippen molar-refractivity contribution in [3.63, 3.8) is 0 Å². The lowest BCUT2D eigenvalue weighted by Gasteiger charge is -2.15. The van der Waals surface area contributed by atoms with Gasteiger partial charge in [-0.1, -0.05) is 6.92 Å². The van der Waals surface area contributed by atoms with E-state index in [1.807, 2.05) is 12.1 Å². The molecule has 7 heteroatoms. The van der Waals surface area contributed by atoms with Crippen LogP contribution >= 0.6 is 0 Å². The summed E-state index contributed by atoms with van der Waals surface area (Å²) in [7, 11) is -0.843. The summed E-state index contributed by atoms with van der Waals surface area (Å²) in [4.78, 5) is 0.0533. The number of benzene rings is 2. The average Bonchev–Trinajstić information content (AvgIpc) is 2.62. The highest BCUT2D eigenvalue weighted by atomic mass is 32.2. The van der Waals surface area contributed by atoms with E-state index in [1.54, 1.807) is 18.2 Å². The number of sulfonamides is 1. The van der Waals surface area contributed by atoms with Crippen LogP contribution in [-0.2, 0) is 10.0 Å². The summed E-state index contributed by atoms with van der Waals surface area (Å²) in [6.45, 7) is 4.19. The fourth-order valence-corrected chi connectivity index (χ4v) is 3.44. The molecule has 136 valence electrons. The van der Waals surface area contributed by atoms with Crippen LogP contribution < -0.4 is 19.5 Å². The maximum atomic E-state index is 12.6. The van der Waals surface area contributed by atoms with Gasteiger partial charge in [0.05, 0.1) is 14.2 Å². The van der Waals surface area contributed by atoms with E-state index in [0.717, 1.165) is 12.1 Å². The zero-order valence-corrected chi connectivity index (χ0v) is 15.7. The van der Waals surface area contributed by atoms with E-state index >= 15 is 0 Å². The zero-order chi connectivity index (χ0) is 18.4. The summed E-state index contributed by atoms with van der Waals surface area (Å²) >= 11 is 0. The first kappa shape index (κ1) is 18.9. The molecule has 0 heterocycles. The Morgan fingerprint density at radius 1 is 1.00 bits per heavy atom. The van der Waals surface area contributed by atoms with Gasteiger partial charge in [0.1, 0.15) is 16.4 Å². The minimum Gasteiger partial charge on any atom is -0.497 e. The second-order valence-corrected chi connectivity index (χ2v) is 7.30. The normalized spacial score (nSPS) is 12.3. The second kappa shape index (κ2) is 8.11. The molecule has 0 amide bonds. The maximum Gasteiger partial charge on any atom is 0.265 e. The Morgan fingerprint density at radius 2 is 1.64 bits per heavy atom. The first-order chi connectivity index (χ1) is 11.9. The van der Waals surface area contributed by atoms with Crippen LogP contribution in [0.4, 0.5) is 11.4 Å². The fourth-order valence-electron chi connectivity index (χ4n) is 2.23. The van der Waals surface area contributed by atoms with Crippen LogP contribution in [0.5, 0.6) is 11.5 Å². The van der Waals surface area contributed by atoms with Crippen LogP contribution in [0.2, 0.25) is 0 Å². The van der Waals surface area contributed by atoms with E-state index in [0.29, 0.717) is 17.5 Å². The molecule has 0 saturated carbocycles. The van der Waals surface area contributed by atoms with Crippen molar-refractivity contribution in [1.29, 1.82) is 0 Å². The van der Waals surface area contributed by atoms with Gasteiger partial charge >= 0.3 is 0 Å². The second-order valence-electron chi connectivity index (χ2n) is 5.65. The fraction of sp³-hybridized carbons (Fsp3) is 0.333. The van der Waals surface area contributed by atoms with Gasteiger partial charge in [0.15, 0.2) is 0 Å². The Labute approximate surface area is 149 Å². The maximum absolute atomic E-state index is 12.6. The molecule has 0 saturated heterocycles. The average molecular weight is 364 g/mol. The molecule has 1 atom stereocenters. The molecule has 2 N–H and O–H groups in total. The third kappa shape index (κ3) is 4.79. The molecular formula is C18H24N2O4S. The summed E-state index contributed by atoms with van der Waals surface area (Å²) in [5, 5.41) is 3.33. The lowest BCUT2D eigenvalue weighted by molar-refractivity contribution is 0.386. The van der Waals surface area contributed by atoms with Crippen LogP contribution in [-0.4, -0.2) is 28.7 Å². The third-order valence-corrected chi connectivity index (χ3v) is 5.24. The van der Waals surface area contributed by atoms with Crippen LogP contribution in [0, 0.1) is 0 Å². The van der Waals surface area contributed by atoms with Crippen molar-refractivity contribution < 1.29 is 17.9 Å². The van der Waals surface area contributed by atoms with Gasteiger partial charge in [0.25, 0.3) is 10.0 Å². The highest BCUT2D eigenvalue weighted by Crippen LogP contribution is 2.30. The van der Waals surface area contributed by atoms with E-state index in [-0.39, 0.29) is 10.6 Å². The Morgan fingerprint density at radius 3 is 2.20 bits per heavy atom. The van der Waals surface area contributed by atoms with Crippen molar-refractivity contribution in [2.75, 3.05) is 24.3 Å². The molecule has 0 bridgehead atoms. The molecule has 0 fully saturated rings. The van der Waals surface area contributed by atoms with Gasteiger partial charge in [-0.3, -0.25) is 4.72 Å². The first-order valence-corrected chi connectivity index (χ1v) is 9.49. The number of rotatable bonds is 8. The van der Waals surface area contributed by atoms with Crippen molar-refractivity contribution in [2.24, 2.45) is 0 Å². The molecular weight excluding hydrogens is 340 g/mol. The van der Waals surface area contributed by atoms with Gasteiger partial charge in [0.2, 0.25) is 0 Å². The standard InChI is InChI=1S/C18H24N2O4S/c1-5-13(2)19-14-6-8-15(9-7-14)20-25(21,22)18-11-10-16(23-3)12-17(18)24-4/h6-13,19-20H,5H2,1-4H3. The molecule has 0 aliphatic rings.